The van der Waals surface area contributed by atoms with Gasteiger partial charge in [0, 0.05) is 13.3 Å². The van der Waals surface area contributed by atoms with Crippen molar-refractivity contribution in [2.45, 2.75) is 84.3 Å². The number of hydrogen-bond donors (Lipinski definition) is 0. The second kappa shape index (κ2) is 17.8. The van der Waals surface area contributed by atoms with E-state index >= 15 is 0 Å². The highest BCUT2D eigenvalue weighted by Gasteiger charge is 2.10. The highest BCUT2D eigenvalue weighted by atomic mass is 16.7. The summed E-state index contributed by atoms with van der Waals surface area (Å²) in [5, 5.41) is 0. The first-order valence-corrected chi connectivity index (χ1v) is 11.1. The maximum absolute atomic E-state index is 11.9. The molecular weight excluding hydrogens is 360 g/mol. The van der Waals surface area contributed by atoms with Gasteiger partial charge in [0.25, 0.3) is 0 Å². The Hall–Kier alpha value is -2.29. The van der Waals surface area contributed by atoms with Crippen LogP contribution in [0.1, 0.15) is 78.1 Å². The third kappa shape index (κ3) is 15.3. The molecule has 0 spiro atoms. The number of rotatable bonds is 16. The van der Waals surface area contributed by atoms with Gasteiger partial charge in [-0.05, 0) is 50.7 Å². The molecular formula is C26H38O3. The number of para-hydroxylation sites is 1. The topological polar surface area (TPSA) is 35.5 Å². The van der Waals surface area contributed by atoms with E-state index in [0.717, 1.165) is 38.5 Å². The van der Waals surface area contributed by atoms with E-state index in [1.54, 1.807) is 6.92 Å². The Labute approximate surface area is 177 Å². The van der Waals surface area contributed by atoms with E-state index in [2.05, 4.69) is 43.4 Å². The van der Waals surface area contributed by atoms with Crippen LogP contribution in [0.15, 0.2) is 66.8 Å². The molecule has 1 atom stereocenters. The number of unbranched alkanes of at least 4 members (excludes halogenated alkanes) is 5. The van der Waals surface area contributed by atoms with Gasteiger partial charge in [-0.15, -0.1) is 0 Å². The molecule has 0 amide bonds. The number of ether oxygens (including phenoxy) is 2. The summed E-state index contributed by atoms with van der Waals surface area (Å²) in [4.78, 5) is 11.9. The van der Waals surface area contributed by atoms with Gasteiger partial charge in [0.15, 0.2) is 0 Å². The fourth-order valence-electron chi connectivity index (χ4n) is 2.85. The molecule has 0 saturated heterocycles. The van der Waals surface area contributed by atoms with Crippen molar-refractivity contribution in [2.75, 3.05) is 0 Å². The van der Waals surface area contributed by atoms with Crippen LogP contribution in [0.2, 0.25) is 0 Å². The van der Waals surface area contributed by atoms with Gasteiger partial charge in [-0.2, -0.15) is 0 Å². The number of esters is 1. The average Bonchev–Trinajstić information content (AvgIpc) is 2.71. The molecule has 0 heterocycles. The highest BCUT2D eigenvalue weighted by Crippen LogP contribution is 2.13. The van der Waals surface area contributed by atoms with Crippen LogP contribution in [0.3, 0.4) is 0 Å². The predicted molar refractivity (Wildman–Crippen MR) is 122 cm³/mol. The lowest BCUT2D eigenvalue weighted by atomic mass is 10.1. The Bertz CT molecular complexity index is 602. The van der Waals surface area contributed by atoms with Crippen LogP contribution in [-0.2, 0) is 9.53 Å². The molecule has 3 nitrogen and oxygen atoms in total. The van der Waals surface area contributed by atoms with Gasteiger partial charge in [0.2, 0.25) is 6.29 Å². The smallest absolute Gasteiger partial charge is 0.308 e. The van der Waals surface area contributed by atoms with Crippen molar-refractivity contribution in [1.29, 1.82) is 0 Å². The molecule has 0 N–H and O–H groups in total. The second-order valence-electron chi connectivity index (χ2n) is 7.09. The van der Waals surface area contributed by atoms with Crippen molar-refractivity contribution in [3.8, 4) is 5.75 Å². The highest BCUT2D eigenvalue weighted by molar-refractivity contribution is 5.69. The molecule has 1 aromatic rings. The zero-order valence-corrected chi connectivity index (χ0v) is 18.2. The van der Waals surface area contributed by atoms with Crippen molar-refractivity contribution < 1.29 is 14.3 Å². The molecule has 0 aliphatic heterocycles. The van der Waals surface area contributed by atoms with Crippen molar-refractivity contribution in [3.05, 3.63) is 66.8 Å². The summed E-state index contributed by atoms with van der Waals surface area (Å²) in [6.07, 6.45) is 23.1. The first-order chi connectivity index (χ1) is 14.2. The summed E-state index contributed by atoms with van der Waals surface area (Å²) >= 11 is 0. The van der Waals surface area contributed by atoms with Crippen molar-refractivity contribution in [1.82, 2.24) is 0 Å². The van der Waals surface area contributed by atoms with Gasteiger partial charge in [-0.1, -0.05) is 80.8 Å². The third-order valence-electron chi connectivity index (χ3n) is 4.37. The monoisotopic (exact) mass is 398 g/mol. The Morgan fingerprint density at radius 1 is 0.862 bits per heavy atom. The van der Waals surface area contributed by atoms with Crippen molar-refractivity contribution in [3.63, 3.8) is 0 Å². The van der Waals surface area contributed by atoms with Gasteiger partial charge in [-0.25, -0.2) is 0 Å². The van der Waals surface area contributed by atoms with E-state index in [9.17, 15) is 4.79 Å². The Balaban J connectivity index is 1.92. The summed E-state index contributed by atoms with van der Waals surface area (Å²) in [6.45, 7) is 3.90. The lowest BCUT2D eigenvalue weighted by Crippen LogP contribution is -2.20. The lowest BCUT2D eigenvalue weighted by Gasteiger charge is -2.15. The van der Waals surface area contributed by atoms with Crippen LogP contribution >= 0.6 is 0 Å². The number of carbonyl (C=O) groups is 1. The van der Waals surface area contributed by atoms with Crippen molar-refractivity contribution >= 4 is 5.97 Å². The van der Waals surface area contributed by atoms with Gasteiger partial charge < -0.3 is 9.47 Å². The van der Waals surface area contributed by atoms with E-state index in [-0.39, 0.29) is 5.97 Å². The van der Waals surface area contributed by atoms with Gasteiger partial charge in [-0.3, -0.25) is 4.79 Å². The predicted octanol–water partition coefficient (Wildman–Crippen LogP) is 7.54. The molecule has 1 rings (SSSR count). The molecule has 0 aliphatic rings. The van der Waals surface area contributed by atoms with Gasteiger partial charge in [0.05, 0.1) is 0 Å². The SMILES string of the molecule is CC/C=C\C/C=C\C/C=C\CCCCCCCC(=O)OC(C)Oc1ccccc1. The maximum atomic E-state index is 11.9. The van der Waals surface area contributed by atoms with Crippen LogP contribution in [-0.4, -0.2) is 12.3 Å². The molecule has 0 aromatic heterocycles. The fourth-order valence-corrected chi connectivity index (χ4v) is 2.85. The minimum atomic E-state index is -0.556. The number of allylic oxidation sites excluding steroid dienone is 6. The van der Waals surface area contributed by atoms with Crippen LogP contribution in [0.5, 0.6) is 5.75 Å². The minimum Gasteiger partial charge on any atom is -0.455 e. The van der Waals surface area contributed by atoms with Crippen LogP contribution < -0.4 is 4.74 Å². The van der Waals surface area contributed by atoms with E-state index in [4.69, 9.17) is 9.47 Å². The average molecular weight is 399 g/mol. The standard InChI is InChI=1S/C26H38O3/c1-3-4-5-6-7-8-9-10-11-12-13-14-15-16-20-23-26(27)29-24(2)28-25-21-18-17-19-22-25/h4-5,7-8,10-11,17-19,21-22,24H,3,6,9,12-16,20,23H2,1-2H3/b5-4-,8-7-,11-10-. The van der Waals surface area contributed by atoms with Crippen LogP contribution in [0, 0.1) is 0 Å². The summed E-state index contributed by atoms with van der Waals surface area (Å²) in [5.74, 6) is 0.525. The first kappa shape index (κ1) is 24.7. The quantitative estimate of drug-likeness (QED) is 0.125. The third-order valence-corrected chi connectivity index (χ3v) is 4.37. The minimum absolute atomic E-state index is 0.186. The molecule has 0 radical (unpaired) electrons. The normalized spacial score (nSPS) is 12.8. The van der Waals surface area contributed by atoms with Gasteiger partial charge >= 0.3 is 5.97 Å². The molecule has 1 aromatic carbocycles. The molecule has 0 aliphatic carbocycles. The molecule has 0 fully saturated rings. The van der Waals surface area contributed by atoms with Crippen LogP contribution in [0.4, 0.5) is 0 Å². The Kier molecular flexibility index (Phi) is 15.2. The largest absolute Gasteiger partial charge is 0.455 e. The van der Waals surface area contributed by atoms with Crippen molar-refractivity contribution in [2.24, 2.45) is 0 Å². The van der Waals surface area contributed by atoms with E-state index < -0.39 is 6.29 Å². The summed E-state index contributed by atoms with van der Waals surface area (Å²) in [5.41, 5.74) is 0. The summed E-state index contributed by atoms with van der Waals surface area (Å²) in [7, 11) is 0. The second-order valence-corrected chi connectivity index (χ2v) is 7.09. The number of hydrogen-bond acceptors (Lipinski definition) is 3. The molecule has 0 saturated carbocycles. The summed E-state index contributed by atoms with van der Waals surface area (Å²) in [6, 6.07) is 9.41. The molecule has 0 bridgehead atoms. The van der Waals surface area contributed by atoms with Crippen LogP contribution in [0.25, 0.3) is 0 Å². The Morgan fingerprint density at radius 2 is 1.48 bits per heavy atom. The van der Waals surface area contributed by atoms with E-state index in [1.807, 2.05) is 30.3 Å². The number of benzene rings is 1. The molecule has 1 unspecified atom stereocenters. The fraction of sp³-hybridized carbons (Fsp3) is 0.500. The molecule has 29 heavy (non-hydrogen) atoms. The number of carbonyl (C=O) groups excluding carboxylic acids is 1. The van der Waals surface area contributed by atoms with Gasteiger partial charge in [0.1, 0.15) is 5.75 Å². The maximum Gasteiger partial charge on any atom is 0.308 e. The van der Waals surface area contributed by atoms with E-state index in [1.165, 1.54) is 19.3 Å². The zero-order chi connectivity index (χ0) is 21.0. The summed E-state index contributed by atoms with van der Waals surface area (Å²) < 4.78 is 10.9. The molecule has 160 valence electrons. The Morgan fingerprint density at radius 3 is 2.21 bits per heavy atom. The molecule has 3 heteroatoms. The zero-order valence-electron chi connectivity index (χ0n) is 18.2. The van der Waals surface area contributed by atoms with E-state index in [0.29, 0.717) is 12.2 Å². The lowest BCUT2D eigenvalue weighted by molar-refractivity contribution is -0.161. The first-order valence-electron chi connectivity index (χ1n) is 11.1.